The van der Waals surface area contributed by atoms with Crippen LogP contribution >= 0.6 is 0 Å². The van der Waals surface area contributed by atoms with Gasteiger partial charge in [-0.1, -0.05) is 151 Å². The minimum Gasteiger partial charge on any atom is -0.494 e. The van der Waals surface area contributed by atoms with Gasteiger partial charge in [0.25, 0.3) is 0 Å². The molecule has 6 aromatic rings. The van der Waals surface area contributed by atoms with E-state index in [1.54, 1.807) is 78.9 Å². The van der Waals surface area contributed by atoms with E-state index in [0.717, 1.165) is 62.5 Å². The molecule has 0 aliphatic heterocycles. The van der Waals surface area contributed by atoms with Crippen LogP contribution in [0.4, 0.5) is 8.78 Å². The van der Waals surface area contributed by atoms with Gasteiger partial charge in [0.05, 0.1) is 24.8 Å². The van der Waals surface area contributed by atoms with Crippen LogP contribution in [-0.2, 0) is 11.2 Å². The Balaban J connectivity index is 0.956. The van der Waals surface area contributed by atoms with Crippen molar-refractivity contribution in [2.75, 3.05) is 13.2 Å². The average Bonchev–Trinajstić information content (AvgIpc) is 3.36. The van der Waals surface area contributed by atoms with E-state index in [1.807, 2.05) is 48.5 Å². The van der Waals surface area contributed by atoms with E-state index in [0.29, 0.717) is 53.6 Å². The van der Waals surface area contributed by atoms with Crippen LogP contribution in [-0.4, -0.2) is 25.2 Å². The number of aryl methyl sites for hydroxylation is 1. The van der Waals surface area contributed by atoms with Crippen LogP contribution in [0.3, 0.4) is 0 Å². The maximum atomic E-state index is 15.4. The van der Waals surface area contributed by atoms with Crippen molar-refractivity contribution in [3.63, 3.8) is 0 Å². The molecule has 0 bridgehead atoms. The van der Waals surface area contributed by atoms with Crippen LogP contribution in [0.5, 0.6) is 23.0 Å². The molecular weight excluding hydrogens is 857 g/mol. The summed E-state index contributed by atoms with van der Waals surface area (Å²) in [5, 5.41) is 9.11. The third-order valence-electron chi connectivity index (χ3n) is 12.0. The fraction of sp³-hybridized carbons (Fsp3) is 0.339. The zero-order valence-corrected chi connectivity index (χ0v) is 39.5. The first-order valence-electron chi connectivity index (χ1n) is 24.4. The molecule has 6 rings (SSSR count). The lowest BCUT2D eigenvalue weighted by Crippen LogP contribution is -2.14. The number of carbonyl (C=O) groups is 2. The van der Waals surface area contributed by atoms with Gasteiger partial charge in [-0.2, -0.15) is 5.26 Å². The Bertz CT molecular complexity index is 2550. The monoisotopic (exact) mass is 919 g/mol. The van der Waals surface area contributed by atoms with Crippen molar-refractivity contribution < 1.29 is 37.3 Å². The highest BCUT2D eigenvalue weighted by Crippen LogP contribution is 2.33. The van der Waals surface area contributed by atoms with Gasteiger partial charge in [0.15, 0.2) is 11.6 Å². The Morgan fingerprint density at radius 1 is 0.500 bits per heavy atom. The fourth-order valence-corrected chi connectivity index (χ4v) is 7.95. The van der Waals surface area contributed by atoms with Gasteiger partial charge in [-0.15, -0.1) is 0 Å². The predicted octanol–water partition coefficient (Wildman–Crippen LogP) is 15.9. The molecule has 7 nitrogen and oxygen atoms in total. The number of esters is 2. The third-order valence-corrected chi connectivity index (χ3v) is 12.0. The summed E-state index contributed by atoms with van der Waals surface area (Å²) < 4.78 is 54.2. The molecule has 0 unspecified atom stereocenters. The molecule has 68 heavy (non-hydrogen) atoms. The molecule has 354 valence electrons. The van der Waals surface area contributed by atoms with E-state index in [1.165, 1.54) is 44.1 Å². The maximum Gasteiger partial charge on any atom is 0.347 e. The number of carbonyl (C=O) groups excluding carboxylic acids is 2. The Labute approximate surface area is 401 Å². The summed E-state index contributed by atoms with van der Waals surface area (Å²) in [4.78, 5) is 26.6. The summed E-state index contributed by atoms with van der Waals surface area (Å²) in [7, 11) is 0. The Morgan fingerprint density at radius 2 is 0.985 bits per heavy atom. The zero-order valence-electron chi connectivity index (χ0n) is 39.5. The number of ether oxygens (including phenoxy) is 4. The topological polar surface area (TPSA) is 94.9 Å². The largest absolute Gasteiger partial charge is 0.494 e. The number of nitriles is 1. The molecule has 0 fully saturated rings. The van der Waals surface area contributed by atoms with Crippen LogP contribution in [0.2, 0.25) is 0 Å². The Hall–Kier alpha value is -6.79. The van der Waals surface area contributed by atoms with Crippen molar-refractivity contribution in [3.05, 3.63) is 156 Å². The van der Waals surface area contributed by atoms with Crippen molar-refractivity contribution in [3.8, 4) is 62.4 Å². The molecule has 0 radical (unpaired) electrons. The van der Waals surface area contributed by atoms with E-state index in [4.69, 9.17) is 24.2 Å². The normalized spacial score (nSPS) is 10.9. The van der Waals surface area contributed by atoms with E-state index in [2.05, 4.69) is 19.9 Å². The number of nitrogens with zero attached hydrogens (tertiary/aromatic N) is 1. The average molecular weight is 920 g/mol. The first-order chi connectivity index (χ1) is 33.3. The first kappa shape index (κ1) is 50.6. The molecule has 0 N–H and O–H groups in total. The van der Waals surface area contributed by atoms with Crippen molar-refractivity contribution in [2.24, 2.45) is 0 Å². The minimum absolute atomic E-state index is 0.0767. The summed E-state index contributed by atoms with van der Waals surface area (Å²) in [5.74, 6) is -1.36. The van der Waals surface area contributed by atoms with E-state index in [9.17, 15) is 9.59 Å². The van der Waals surface area contributed by atoms with E-state index in [-0.39, 0.29) is 28.9 Å². The standard InChI is InChI=1S/C59H63F2NO6/c1-3-5-7-9-11-15-40-66-51-35-36-54(59(64)67-50-33-27-46(28-34-50)45-23-21-44(42-62)22-24-45)55(41-51)68-56(63)18-14-10-12-16-39-65-49-31-29-48(30-32-49)53-38-37-52(57(60)58(53)61)47-25-19-43(20-26-47)17-13-8-6-4-2/h19-38,41H,3-18,39-40H2,1-2H3. The summed E-state index contributed by atoms with van der Waals surface area (Å²) in [6.07, 6.45) is 15.5. The lowest BCUT2D eigenvalue weighted by Gasteiger charge is -2.13. The molecule has 0 heterocycles. The van der Waals surface area contributed by atoms with Crippen LogP contribution in [0.1, 0.15) is 132 Å². The summed E-state index contributed by atoms with van der Waals surface area (Å²) >= 11 is 0. The van der Waals surface area contributed by atoms with Crippen molar-refractivity contribution in [2.45, 2.75) is 117 Å². The summed E-state index contributed by atoms with van der Waals surface area (Å²) in [6, 6.07) is 39.1. The van der Waals surface area contributed by atoms with Gasteiger partial charge in [0.2, 0.25) is 0 Å². The molecule has 0 saturated carbocycles. The van der Waals surface area contributed by atoms with Crippen molar-refractivity contribution in [1.29, 1.82) is 5.26 Å². The van der Waals surface area contributed by atoms with Crippen LogP contribution < -0.4 is 18.9 Å². The second-order valence-electron chi connectivity index (χ2n) is 17.2. The molecule has 6 aromatic carbocycles. The molecule has 0 atom stereocenters. The smallest absolute Gasteiger partial charge is 0.347 e. The van der Waals surface area contributed by atoms with E-state index < -0.39 is 23.6 Å². The number of hydrogen-bond donors (Lipinski definition) is 0. The second kappa shape index (κ2) is 27.1. The van der Waals surface area contributed by atoms with Crippen LogP contribution in [0.15, 0.2) is 127 Å². The Kier molecular flexibility index (Phi) is 20.2. The molecule has 0 aromatic heterocycles. The first-order valence-corrected chi connectivity index (χ1v) is 24.4. The molecule has 0 aliphatic carbocycles. The second-order valence-corrected chi connectivity index (χ2v) is 17.2. The highest BCUT2D eigenvalue weighted by Gasteiger charge is 2.20. The highest BCUT2D eigenvalue weighted by atomic mass is 19.2. The zero-order chi connectivity index (χ0) is 47.9. The lowest BCUT2D eigenvalue weighted by molar-refractivity contribution is -0.134. The molecule has 0 amide bonds. The van der Waals surface area contributed by atoms with Gasteiger partial charge in [-0.05, 0) is 108 Å². The molecule has 9 heteroatoms. The minimum atomic E-state index is -0.882. The number of rotatable bonds is 27. The van der Waals surface area contributed by atoms with Crippen molar-refractivity contribution >= 4 is 11.9 Å². The third kappa shape index (κ3) is 15.4. The van der Waals surface area contributed by atoms with Gasteiger partial charge in [0, 0.05) is 23.6 Å². The van der Waals surface area contributed by atoms with Gasteiger partial charge in [-0.25, -0.2) is 13.6 Å². The Morgan fingerprint density at radius 3 is 1.59 bits per heavy atom. The van der Waals surface area contributed by atoms with Gasteiger partial charge in [-0.3, -0.25) is 4.79 Å². The van der Waals surface area contributed by atoms with Crippen LogP contribution in [0.25, 0.3) is 33.4 Å². The number of unbranched alkanes of at least 4 members (excludes halogenated alkanes) is 11. The fourth-order valence-electron chi connectivity index (χ4n) is 7.95. The van der Waals surface area contributed by atoms with Crippen LogP contribution in [0, 0.1) is 23.0 Å². The number of halogens is 2. The van der Waals surface area contributed by atoms with Gasteiger partial charge >= 0.3 is 11.9 Å². The molecule has 0 saturated heterocycles. The SMILES string of the molecule is CCCCCCCCOc1ccc(C(=O)Oc2ccc(-c3ccc(C#N)cc3)cc2)c(OC(=O)CCCCCCOc2ccc(-c3ccc(-c4ccc(CCCCCC)cc4)c(F)c3F)cc2)c1. The summed E-state index contributed by atoms with van der Waals surface area (Å²) in [6.45, 7) is 5.34. The number of benzene rings is 6. The lowest BCUT2D eigenvalue weighted by atomic mass is 9.97. The van der Waals surface area contributed by atoms with Gasteiger partial charge < -0.3 is 18.9 Å². The molecule has 0 spiro atoms. The van der Waals surface area contributed by atoms with E-state index >= 15 is 8.78 Å². The highest BCUT2D eigenvalue weighted by molar-refractivity contribution is 5.95. The molecule has 0 aliphatic rings. The molecular formula is C59H63F2NO6. The quantitative estimate of drug-likeness (QED) is 0.0288. The number of hydrogen-bond acceptors (Lipinski definition) is 7. The summed E-state index contributed by atoms with van der Waals surface area (Å²) in [5.41, 5.74) is 5.32. The van der Waals surface area contributed by atoms with Gasteiger partial charge in [0.1, 0.15) is 28.6 Å². The predicted molar refractivity (Wildman–Crippen MR) is 266 cm³/mol. The van der Waals surface area contributed by atoms with Crippen molar-refractivity contribution in [1.82, 2.24) is 0 Å². The maximum absolute atomic E-state index is 15.4.